The largest absolute Gasteiger partial charge is 0.466 e. The molecule has 2 aromatic carbocycles. The fraction of sp³-hybridized carbons (Fsp3) is 0.350. The Labute approximate surface area is 138 Å². The van der Waals surface area contributed by atoms with Gasteiger partial charge in [0.1, 0.15) is 0 Å². The fourth-order valence-corrected chi connectivity index (χ4v) is 2.69. The highest BCUT2D eigenvalue weighted by atomic mass is 16.5. The van der Waals surface area contributed by atoms with Gasteiger partial charge in [0.25, 0.3) is 0 Å². The van der Waals surface area contributed by atoms with Crippen molar-refractivity contribution in [2.24, 2.45) is 5.41 Å². The average molecular weight is 311 g/mol. The van der Waals surface area contributed by atoms with E-state index in [-0.39, 0.29) is 12.0 Å². The van der Waals surface area contributed by atoms with Gasteiger partial charge in [-0.2, -0.15) is 0 Å². The van der Waals surface area contributed by atoms with Crippen LogP contribution in [0.15, 0.2) is 60.7 Å². The minimum atomic E-state index is -0.661. The van der Waals surface area contributed by atoms with E-state index < -0.39 is 5.41 Å². The van der Waals surface area contributed by atoms with Crippen molar-refractivity contribution in [3.8, 4) is 0 Å². The van der Waals surface area contributed by atoms with E-state index in [0.717, 1.165) is 5.56 Å². The van der Waals surface area contributed by atoms with Crippen LogP contribution in [0, 0.1) is 5.41 Å². The quantitative estimate of drug-likeness (QED) is 0.782. The molecule has 2 rings (SSSR count). The summed E-state index contributed by atoms with van der Waals surface area (Å²) < 4.78 is 5.28. The van der Waals surface area contributed by atoms with Gasteiger partial charge in [-0.3, -0.25) is 4.79 Å². The van der Waals surface area contributed by atoms with Gasteiger partial charge in [-0.15, -0.1) is 0 Å². The van der Waals surface area contributed by atoms with Crippen LogP contribution >= 0.6 is 0 Å². The molecular formula is C20H25NO2. The molecule has 0 aliphatic carbocycles. The van der Waals surface area contributed by atoms with Crippen LogP contribution in [-0.2, 0) is 16.1 Å². The van der Waals surface area contributed by atoms with Gasteiger partial charge in [0.2, 0.25) is 0 Å². The maximum Gasteiger partial charge on any atom is 0.313 e. The first-order valence-electron chi connectivity index (χ1n) is 8.05. The molecular weight excluding hydrogens is 286 g/mol. The van der Waals surface area contributed by atoms with Crippen LogP contribution in [0.25, 0.3) is 0 Å². The van der Waals surface area contributed by atoms with Crippen molar-refractivity contribution >= 4 is 5.97 Å². The topological polar surface area (TPSA) is 38.3 Å². The molecule has 1 unspecified atom stereocenters. The normalized spacial score (nSPS) is 12.7. The summed E-state index contributed by atoms with van der Waals surface area (Å²) in [5.74, 6) is -0.186. The third-order valence-corrected chi connectivity index (χ3v) is 4.01. The minimum absolute atomic E-state index is 0.122. The van der Waals surface area contributed by atoms with Crippen LogP contribution in [0.3, 0.4) is 0 Å². The van der Waals surface area contributed by atoms with Crippen molar-refractivity contribution in [2.75, 3.05) is 6.61 Å². The highest BCUT2D eigenvalue weighted by molar-refractivity contribution is 5.77. The smallest absolute Gasteiger partial charge is 0.313 e. The van der Waals surface area contributed by atoms with Gasteiger partial charge in [0, 0.05) is 12.6 Å². The van der Waals surface area contributed by atoms with E-state index >= 15 is 0 Å². The summed E-state index contributed by atoms with van der Waals surface area (Å²) in [5, 5.41) is 3.53. The lowest BCUT2D eigenvalue weighted by Gasteiger charge is -2.33. The number of carbonyl (C=O) groups excluding carboxylic acids is 1. The van der Waals surface area contributed by atoms with Crippen molar-refractivity contribution in [1.82, 2.24) is 5.32 Å². The Hall–Kier alpha value is -2.13. The Bertz CT molecular complexity index is 608. The van der Waals surface area contributed by atoms with Gasteiger partial charge in [0.15, 0.2) is 0 Å². The molecule has 1 atom stereocenters. The van der Waals surface area contributed by atoms with E-state index in [1.807, 2.05) is 69.3 Å². The van der Waals surface area contributed by atoms with Gasteiger partial charge >= 0.3 is 5.97 Å². The lowest BCUT2D eigenvalue weighted by atomic mass is 9.80. The monoisotopic (exact) mass is 311 g/mol. The molecule has 0 aliphatic rings. The van der Waals surface area contributed by atoms with Crippen LogP contribution in [0.5, 0.6) is 0 Å². The molecule has 0 amide bonds. The summed E-state index contributed by atoms with van der Waals surface area (Å²) in [6.45, 7) is 6.79. The average Bonchev–Trinajstić information content (AvgIpc) is 2.57. The molecule has 1 N–H and O–H groups in total. The highest BCUT2D eigenvalue weighted by Gasteiger charge is 2.38. The minimum Gasteiger partial charge on any atom is -0.466 e. The van der Waals surface area contributed by atoms with Crippen molar-refractivity contribution in [3.63, 3.8) is 0 Å². The number of benzene rings is 2. The van der Waals surface area contributed by atoms with Crippen LogP contribution < -0.4 is 5.32 Å². The van der Waals surface area contributed by atoms with E-state index in [0.29, 0.717) is 13.2 Å². The second-order valence-electron chi connectivity index (χ2n) is 6.15. The molecule has 122 valence electrons. The van der Waals surface area contributed by atoms with E-state index in [1.165, 1.54) is 5.56 Å². The predicted molar refractivity (Wildman–Crippen MR) is 92.9 cm³/mol. The Morgan fingerprint density at radius 3 is 2.17 bits per heavy atom. The summed E-state index contributed by atoms with van der Waals surface area (Å²) in [6.07, 6.45) is 0. The van der Waals surface area contributed by atoms with E-state index in [9.17, 15) is 4.79 Å². The second kappa shape index (κ2) is 7.93. The summed E-state index contributed by atoms with van der Waals surface area (Å²) in [7, 11) is 0. The number of ether oxygens (including phenoxy) is 1. The number of esters is 1. The summed E-state index contributed by atoms with van der Waals surface area (Å²) in [6, 6.07) is 20.1. The Balaban J connectivity index is 2.23. The SMILES string of the molecule is CCOC(=O)C(C)(C)C(NCc1ccccc1)c1ccccc1. The molecule has 0 bridgehead atoms. The molecule has 3 heteroatoms. The van der Waals surface area contributed by atoms with Crippen LogP contribution in [0.1, 0.15) is 37.9 Å². The molecule has 23 heavy (non-hydrogen) atoms. The number of nitrogens with one attached hydrogen (secondary N) is 1. The Morgan fingerprint density at radius 2 is 1.61 bits per heavy atom. The number of hydrogen-bond donors (Lipinski definition) is 1. The molecule has 2 aromatic rings. The molecule has 0 saturated carbocycles. The fourth-order valence-electron chi connectivity index (χ4n) is 2.69. The summed E-state index contributed by atoms with van der Waals surface area (Å²) in [5.41, 5.74) is 1.61. The number of rotatable bonds is 7. The van der Waals surface area contributed by atoms with Crippen LogP contribution in [-0.4, -0.2) is 12.6 Å². The Kier molecular flexibility index (Phi) is 5.94. The molecule has 0 saturated heterocycles. The van der Waals surface area contributed by atoms with Gasteiger partial charge in [-0.25, -0.2) is 0 Å². The van der Waals surface area contributed by atoms with Crippen molar-refractivity contribution in [3.05, 3.63) is 71.8 Å². The van der Waals surface area contributed by atoms with E-state index in [4.69, 9.17) is 4.74 Å². The third-order valence-electron chi connectivity index (χ3n) is 4.01. The van der Waals surface area contributed by atoms with E-state index in [1.54, 1.807) is 0 Å². The number of hydrogen-bond acceptors (Lipinski definition) is 3. The van der Waals surface area contributed by atoms with Crippen molar-refractivity contribution in [2.45, 2.75) is 33.4 Å². The molecule has 0 radical (unpaired) electrons. The second-order valence-corrected chi connectivity index (χ2v) is 6.15. The van der Waals surface area contributed by atoms with Gasteiger partial charge in [-0.1, -0.05) is 60.7 Å². The molecule has 0 aliphatic heterocycles. The first-order chi connectivity index (χ1) is 11.1. The lowest BCUT2D eigenvalue weighted by molar-refractivity contribution is -0.155. The summed E-state index contributed by atoms with van der Waals surface area (Å²) >= 11 is 0. The third kappa shape index (κ3) is 4.42. The molecule has 0 aromatic heterocycles. The first-order valence-corrected chi connectivity index (χ1v) is 8.05. The summed E-state index contributed by atoms with van der Waals surface area (Å²) in [4.78, 5) is 12.4. The van der Waals surface area contributed by atoms with Gasteiger partial charge in [-0.05, 0) is 31.9 Å². The first kappa shape index (κ1) is 17.2. The number of carbonyl (C=O) groups is 1. The molecule has 3 nitrogen and oxygen atoms in total. The molecule has 0 fully saturated rings. The molecule has 0 heterocycles. The van der Waals surface area contributed by atoms with Crippen LogP contribution in [0.2, 0.25) is 0 Å². The van der Waals surface area contributed by atoms with Gasteiger partial charge in [0.05, 0.1) is 12.0 Å². The standard InChI is InChI=1S/C20H25NO2/c1-4-23-19(22)20(2,3)18(17-13-9-6-10-14-17)21-15-16-11-7-5-8-12-16/h5-14,18,21H,4,15H2,1-3H3. The Morgan fingerprint density at radius 1 is 1.04 bits per heavy atom. The van der Waals surface area contributed by atoms with Gasteiger partial charge < -0.3 is 10.1 Å². The highest BCUT2D eigenvalue weighted by Crippen LogP contribution is 2.35. The maximum atomic E-state index is 12.4. The zero-order valence-electron chi connectivity index (χ0n) is 14.1. The van der Waals surface area contributed by atoms with Crippen molar-refractivity contribution < 1.29 is 9.53 Å². The maximum absolute atomic E-state index is 12.4. The zero-order chi connectivity index (χ0) is 16.7. The zero-order valence-corrected chi connectivity index (χ0v) is 14.1. The van der Waals surface area contributed by atoms with Crippen LogP contribution in [0.4, 0.5) is 0 Å². The van der Waals surface area contributed by atoms with E-state index in [2.05, 4.69) is 17.4 Å². The molecule has 0 spiro atoms. The predicted octanol–water partition coefficient (Wildman–Crippen LogP) is 4.11. The lowest BCUT2D eigenvalue weighted by Crippen LogP contribution is -2.40. The van der Waals surface area contributed by atoms with Crippen molar-refractivity contribution in [1.29, 1.82) is 0 Å².